The van der Waals surface area contributed by atoms with Gasteiger partial charge in [0.2, 0.25) is 0 Å². The summed E-state index contributed by atoms with van der Waals surface area (Å²) in [6.07, 6.45) is 8.72. The normalized spacial score (nSPS) is 27.0. The number of hydrogen-bond acceptors (Lipinski definition) is 1. The molecule has 2 aliphatic rings. The van der Waals surface area contributed by atoms with Crippen molar-refractivity contribution >= 4 is 0 Å². The second-order valence-electron chi connectivity index (χ2n) is 5.37. The monoisotopic (exact) mass is 195 g/mol. The first-order valence-corrected chi connectivity index (χ1v) is 6.56. The van der Waals surface area contributed by atoms with Gasteiger partial charge in [0.15, 0.2) is 0 Å². The van der Waals surface area contributed by atoms with Crippen LogP contribution in [0, 0.1) is 17.8 Å². The zero-order chi connectivity index (χ0) is 9.97. The standard InChI is InChI=1S/C13H25N/c1-3-9-14-13(12-5-4-6-12)10(2)11-7-8-11/h10-14H,3-9H2,1-2H3. The molecule has 0 aliphatic heterocycles. The third-order valence-electron chi connectivity index (χ3n) is 4.22. The van der Waals surface area contributed by atoms with Crippen molar-refractivity contribution in [3.63, 3.8) is 0 Å². The quantitative estimate of drug-likeness (QED) is 0.686. The molecule has 0 aromatic rings. The minimum absolute atomic E-state index is 0.844. The fourth-order valence-electron chi connectivity index (χ4n) is 2.81. The Balaban J connectivity index is 1.83. The lowest BCUT2D eigenvalue weighted by Gasteiger charge is -2.38. The van der Waals surface area contributed by atoms with Crippen LogP contribution in [0.4, 0.5) is 0 Å². The predicted octanol–water partition coefficient (Wildman–Crippen LogP) is 3.20. The van der Waals surface area contributed by atoms with E-state index in [1.54, 1.807) is 0 Å². The van der Waals surface area contributed by atoms with Crippen molar-refractivity contribution in [3.05, 3.63) is 0 Å². The molecule has 2 rings (SSSR count). The highest BCUT2D eigenvalue weighted by Gasteiger charge is 2.38. The van der Waals surface area contributed by atoms with Gasteiger partial charge in [-0.1, -0.05) is 20.3 Å². The molecule has 1 N–H and O–H groups in total. The second-order valence-corrected chi connectivity index (χ2v) is 5.37. The summed E-state index contributed by atoms with van der Waals surface area (Å²) in [6.45, 7) is 5.97. The molecule has 14 heavy (non-hydrogen) atoms. The van der Waals surface area contributed by atoms with E-state index < -0.39 is 0 Å². The maximum Gasteiger partial charge on any atom is 0.0124 e. The van der Waals surface area contributed by atoms with Crippen LogP contribution in [-0.2, 0) is 0 Å². The van der Waals surface area contributed by atoms with Crippen LogP contribution in [0.25, 0.3) is 0 Å². The summed E-state index contributed by atoms with van der Waals surface area (Å²) in [4.78, 5) is 0. The smallest absolute Gasteiger partial charge is 0.0124 e. The van der Waals surface area contributed by atoms with Crippen molar-refractivity contribution in [1.82, 2.24) is 5.32 Å². The topological polar surface area (TPSA) is 12.0 Å². The van der Waals surface area contributed by atoms with Crippen LogP contribution in [-0.4, -0.2) is 12.6 Å². The molecule has 2 atom stereocenters. The van der Waals surface area contributed by atoms with Gasteiger partial charge in [-0.3, -0.25) is 0 Å². The van der Waals surface area contributed by atoms with Crippen molar-refractivity contribution in [1.29, 1.82) is 0 Å². The van der Waals surface area contributed by atoms with Crippen molar-refractivity contribution in [2.75, 3.05) is 6.54 Å². The molecule has 0 spiro atoms. The van der Waals surface area contributed by atoms with Crippen LogP contribution in [0.15, 0.2) is 0 Å². The van der Waals surface area contributed by atoms with E-state index in [-0.39, 0.29) is 0 Å². The minimum atomic E-state index is 0.844. The Morgan fingerprint density at radius 1 is 1.14 bits per heavy atom. The van der Waals surface area contributed by atoms with Gasteiger partial charge in [-0.2, -0.15) is 0 Å². The molecule has 0 aromatic carbocycles. The average Bonchev–Trinajstić information content (AvgIpc) is 2.90. The first-order chi connectivity index (χ1) is 6.83. The van der Waals surface area contributed by atoms with Gasteiger partial charge >= 0.3 is 0 Å². The molecule has 1 nitrogen and oxygen atoms in total. The molecule has 0 amide bonds. The first-order valence-electron chi connectivity index (χ1n) is 6.56. The zero-order valence-corrected chi connectivity index (χ0v) is 9.76. The van der Waals surface area contributed by atoms with Crippen LogP contribution in [0.2, 0.25) is 0 Å². The molecule has 2 aliphatic carbocycles. The highest BCUT2D eigenvalue weighted by molar-refractivity contribution is 4.92. The highest BCUT2D eigenvalue weighted by atomic mass is 14.9. The van der Waals surface area contributed by atoms with Crippen molar-refractivity contribution in [3.8, 4) is 0 Å². The molecule has 1 heteroatoms. The number of nitrogens with one attached hydrogen (secondary N) is 1. The lowest BCUT2D eigenvalue weighted by molar-refractivity contribution is 0.169. The maximum absolute atomic E-state index is 3.79. The number of hydrogen-bond donors (Lipinski definition) is 1. The van der Waals surface area contributed by atoms with Crippen molar-refractivity contribution in [2.45, 2.75) is 58.4 Å². The van der Waals surface area contributed by atoms with Crippen LogP contribution in [0.1, 0.15) is 52.4 Å². The Morgan fingerprint density at radius 2 is 1.86 bits per heavy atom. The summed E-state index contributed by atoms with van der Waals surface area (Å²) in [5, 5.41) is 3.79. The Hall–Kier alpha value is -0.0400. The Bertz CT molecular complexity index is 170. The van der Waals surface area contributed by atoms with Gasteiger partial charge in [-0.05, 0) is 56.4 Å². The fourth-order valence-corrected chi connectivity index (χ4v) is 2.81. The summed E-state index contributed by atoms with van der Waals surface area (Å²) in [6, 6.07) is 0.844. The Labute approximate surface area is 88.7 Å². The van der Waals surface area contributed by atoms with E-state index in [9.17, 15) is 0 Å². The molecular weight excluding hydrogens is 170 g/mol. The maximum atomic E-state index is 3.79. The minimum Gasteiger partial charge on any atom is -0.313 e. The van der Waals surface area contributed by atoms with E-state index in [2.05, 4.69) is 19.2 Å². The lowest BCUT2D eigenvalue weighted by Crippen LogP contribution is -2.45. The summed E-state index contributed by atoms with van der Waals surface area (Å²) >= 11 is 0. The van der Waals surface area contributed by atoms with Gasteiger partial charge in [0, 0.05) is 6.04 Å². The van der Waals surface area contributed by atoms with Gasteiger partial charge in [0.25, 0.3) is 0 Å². The summed E-state index contributed by atoms with van der Waals surface area (Å²) < 4.78 is 0. The van der Waals surface area contributed by atoms with E-state index >= 15 is 0 Å². The molecule has 0 bridgehead atoms. The molecule has 82 valence electrons. The summed E-state index contributed by atoms with van der Waals surface area (Å²) in [5.41, 5.74) is 0. The van der Waals surface area contributed by atoms with E-state index in [4.69, 9.17) is 0 Å². The van der Waals surface area contributed by atoms with E-state index in [0.717, 1.165) is 23.8 Å². The van der Waals surface area contributed by atoms with Gasteiger partial charge < -0.3 is 5.32 Å². The largest absolute Gasteiger partial charge is 0.313 e. The molecule has 0 aromatic heterocycles. The fraction of sp³-hybridized carbons (Fsp3) is 1.00. The molecular formula is C13H25N. The van der Waals surface area contributed by atoms with E-state index in [0.29, 0.717) is 0 Å². The summed E-state index contributed by atoms with van der Waals surface area (Å²) in [7, 11) is 0. The Morgan fingerprint density at radius 3 is 2.29 bits per heavy atom. The third kappa shape index (κ3) is 2.31. The van der Waals surface area contributed by atoms with Crippen molar-refractivity contribution in [2.24, 2.45) is 17.8 Å². The average molecular weight is 195 g/mol. The first kappa shape index (κ1) is 10.5. The molecule has 2 unspecified atom stereocenters. The van der Waals surface area contributed by atoms with E-state index in [1.165, 1.54) is 45.1 Å². The van der Waals surface area contributed by atoms with E-state index in [1.807, 2.05) is 0 Å². The van der Waals surface area contributed by atoms with Gasteiger partial charge in [0.05, 0.1) is 0 Å². The van der Waals surface area contributed by atoms with Crippen LogP contribution < -0.4 is 5.32 Å². The van der Waals surface area contributed by atoms with Gasteiger partial charge in [-0.15, -0.1) is 0 Å². The van der Waals surface area contributed by atoms with Crippen molar-refractivity contribution < 1.29 is 0 Å². The summed E-state index contributed by atoms with van der Waals surface area (Å²) in [5.74, 6) is 3.01. The molecule has 2 saturated carbocycles. The van der Waals surface area contributed by atoms with Crippen LogP contribution in [0.3, 0.4) is 0 Å². The van der Waals surface area contributed by atoms with Crippen LogP contribution >= 0.6 is 0 Å². The van der Waals surface area contributed by atoms with Gasteiger partial charge in [0.1, 0.15) is 0 Å². The Kier molecular flexibility index (Phi) is 3.48. The predicted molar refractivity (Wildman–Crippen MR) is 61.3 cm³/mol. The lowest BCUT2D eigenvalue weighted by atomic mass is 9.74. The van der Waals surface area contributed by atoms with Crippen LogP contribution in [0.5, 0.6) is 0 Å². The molecule has 0 saturated heterocycles. The molecule has 2 fully saturated rings. The highest BCUT2D eigenvalue weighted by Crippen LogP contribution is 2.43. The third-order valence-corrected chi connectivity index (χ3v) is 4.22. The molecule has 0 radical (unpaired) electrons. The SMILES string of the molecule is CCCNC(C1CCC1)C(C)C1CC1. The second kappa shape index (κ2) is 4.65. The zero-order valence-electron chi connectivity index (χ0n) is 9.76. The molecule has 0 heterocycles. The number of rotatable bonds is 6. The van der Waals surface area contributed by atoms with Gasteiger partial charge in [-0.25, -0.2) is 0 Å².